The van der Waals surface area contributed by atoms with Crippen molar-refractivity contribution in [2.45, 2.75) is 39.2 Å². The summed E-state index contributed by atoms with van der Waals surface area (Å²) in [5, 5.41) is 4.56. The third kappa shape index (κ3) is 4.06. The van der Waals surface area contributed by atoms with Crippen LogP contribution < -0.4 is 10.5 Å². The fourth-order valence-electron chi connectivity index (χ4n) is 3.58. The van der Waals surface area contributed by atoms with Crippen molar-refractivity contribution in [1.29, 1.82) is 0 Å². The molecule has 6 nitrogen and oxygen atoms in total. The first kappa shape index (κ1) is 17.8. The summed E-state index contributed by atoms with van der Waals surface area (Å²) in [4.78, 5) is 6.95. The van der Waals surface area contributed by atoms with Crippen LogP contribution >= 0.6 is 0 Å². The summed E-state index contributed by atoms with van der Waals surface area (Å²) in [5.74, 6) is 0.544. The van der Waals surface area contributed by atoms with E-state index in [9.17, 15) is 0 Å². The number of nitrogen functional groups attached to an aromatic ring is 1. The van der Waals surface area contributed by atoms with Gasteiger partial charge in [-0.3, -0.25) is 4.90 Å². The minimum atomic E-state index is 0.544. The second-order valence-electron chi connectivity index (χ2n) is 7.25. The van der Waals surface area contributed by atoms with E-state index < -0.39 is 0 Å². The Labute approximate surface area is 160 Å². The van der Waals surface area contributed by atoms with Crippen LogP contribution in [0.4, 0.5) is 5.69 Å². The predicted octanol–water partition coefficient (Wildman–Crippen LogP) is 3.29. The van der Waals surface area contributed by atoms with Gasteiger partial charge in [0.2, 0.25) is 5.88 Å². The number of fused-ring (bicyclic) bond motifs is 1. The second-order valence-corrected chi connectivity index (χ2v) is 7.25. The molecule has 1 aromatic carbocycles. The molecule has 27 heavy (non-hydrogen) atoms. The summed E-state index contributed by atoms with van der Waals surface area (Å²) < 4.78 is 7.46. The van der Waals surface area contributed by atoms with Crippen molar-refractivity contribution in [3.8, 4) is 5.88 Å². The van der Waals surface area contributed by atoms with E-state index in [0.717, 1.165) is 25.1 Å². The SMILES string of the molecule is CCCOc1cc(N)c2ncc(Cc3ccc(CN4CCCC4)cc3)n2n1. The molecule has 6 heteroatoms. The molecule has 0 spiro atoms. The Morgan fingerprint density at radius 1 is 1.11 bits per heavy atom. The maximum Gasteiger partial charge on any atom is 0.233 e. The Morgan fingerprint density at radius 2 is 1.85 bits per heavy atom. The lowest BCUT2D eigenvalue weighted by atomic mass is 10.1. The Bertz CT molecular complexity index is 897. The van der Waals surface area contributed by atoms with Gasteiger partial charge < -0.3 is 10.5 Å². The third-order valence-electron chi connectivity index (χ3n) is 5.01. The van der Waals surface area contributed by atoms with E-state index in [-0.39, 0.29) is 0 Å². The minimum Gasteiger partial charge on any atom is -0.477 e. The van der Waals surface area contributed by atoms with Crippen molar-refractivity contribution < 1.29 is 4.74 Å². The van der Waals surface area contributed by atoms with Crippen LogP contribution in [0, 0.1) is 0 Å². The molecule has 0 amide bonds. The minimum absolute atomic E-state index is 0.544. The summed E-state index contributed by atoms with van der Waals surface area (Å²) in [5.41, 5.74) is 11.0. The smallest absolute Gasteiger partial charge is 0.233 e. The molecule has 1 fully saturated rings. The molecule has 0 radical (unpaired) electrons. The zero-order valence-electron chi connectivity index (χ0n) is 15.9. The van der Waals surface area contributed by atoms with Crippen LogP contribution in [0.15, 0.2) is 36.5 Å². The highest BCUT2D eigenvalue weighted by molar-refractivity contribution is 5.65. The summed E-state index contributed by atoms with van der Waals surface area (Å²) >= 11 is 0. The molecule has 0 aliphatic carbocycles. The Hall–Kier alpha value is -2.60. The number of aromatic nitrogens is 3. The number of benzene rings is 1. The first-order valence-corrected chi connectivity index (χ1v) is 9.79. The van der Waals surface area contributed by atoms with Crippen molar-refractivity contribution >= 4 is 11.3 Å². The molecule has 3 aromatic rings. The van der Waals surface area contributed by atoms with Crippen molar-refractivity contribution in [2.75, 3.05) is 25.4 Å². The quantitative estimate of drug-likeness (QED) is 0.696. The lowest BCUT2D eigenvalue weighted by Crippen LogP contribution is -2.18. The lowest BCUT2D eigenvalue weighted by molar-refractivity contribution is 0.300. The number of rotatable bonds is 7. The standard InChI is InChI=1S/C21H27N5O/c1-2-11-27-20-13-19(22)21-23-14-18(26(21)24-20)12-16-5-7-17(8-6-16)15-25-9-3-4-10-25/h5-8,13-14H,2-4,9-12,15,22H2,1H3. The average molecular weight is 365 g/mol. The number of anilines is 1. The van der Waals surface area contributed by atoms with Gasteiger partial charge in [0, 0.05) is 19.0 Å². The van der Waals surface area contributed by atoms with E-state index in [1.54, 1.807) is 10.6 Å². The number of nitrogens with zero attached hydrogens (tertiary/aromatic N) is 4. The highest BCUT2D eigenvalue weighted by atomic mass is 16.5. The highest BCUT2D eigenvalue weighted by Gasteiger charge is 2.13. The summed E-state index contributed by atoms with van der Waals surface area (Å²) in [7, 11) is 0. The Kier molecular flexibility index (Phi) is 5.25. The molecule has 3 heterocycles. The number of nitrogens with two attached hydrogens (primary N) is 1. The van der Waals surface area contributed by atoms with E-state index in [2.05, 4.69) is 46.2 Å². The molecule has 2 N–H and O–H groups in total. The van der Waals surface area contributed by atoms with Gasteiger partial charge in [0.1, 0.15) is 0 Å². The molecular formula is C21H27N5O. The summed E-state index contributed by atoms with van der Waals surface area (Å²) in [6.45, 7) is 6.18. The largest absolute Gasteiger partial charge is 0.477 e. The highest BCUT2D eigenvalue weighted by Crippen LogP contribution is 2.21. The van der Waals surface area contributed by atoms with Gasteiger partial charge in [-0.15, -0.1) is 5.10 Å². The van der Waals surface area contributed by atoms with Crippen molar-refractivity contribution in [1.82, 2.24) is 19.5 Å². The van der Waals surface area contributed by atoms with E-state index in [1.165, 1.54) is 37.1 Å². The molecule has 0 unspecified atom stereocenters. The molecule has 0 atom stereocenters. The van der Waals surface area contributed by atoms with Crippen LogP contribution in [0.1, 0.15) is 43.0 Å². The van der Waals surface area contributed by atoms with Gasteiger partial charge in [-0.2, -0.15) is 0 Å². The normalized spacial score (nSPS) is 14.9. The van der Waals surface area contributed by atoms with Crippen molar-refractivity contribution in [3.63, 3.8) is 0 Å². The predicted molar refractivity (Wildman–Crippen MR) is 107 cm³/mol. The van der Waals surface area contributed by atoms with Crippen LogP contribution in [0.25, 0.3) is 5.65 Å². The van der Waals surface area contributed by atoms with Gasteiger partial charge in [0.05, 0.1) is 24.2 Å². The third-order valence-corrected chi connectivity index (χ3v) is 5.01. The molecular weight excluding hydrogens is 338 g/mol. The van der Waals surface area contributed by atoms with Crippen LogP contribution in [-0.2, 0) is 13.0 Å². The number of hydrogen-bond donors (Lipinski definition) is 1. The van der Waals surface area contributed by atoms with Crippen LogP contribution in [0.2, 0.25) is 0 Å². The Morgan fingerprint density at radius 3 is 2.59 bits per heavy atom. The maximum atomic E-state index is 6.13. The summed E-state index contributed by atoms with van der Waals surface area (Å²) in [6.07, 6.45) is 6.19. The molecule has 4 rings (SSSR count). The number of ether oxygens (including phenoxy) is 1. The van der Waals surface area contributed by atoms with E-state index in [0.29, 0.717) is 23.8 Å². The van der Waals surface area contributed by atoms with E-state index in [1.807, 2.05) is 6.20 Å². The zero-order valence-corrected chi connectivity index (χ0v) is 15.9. The van der Waals surface area contributed by atoms with E-state index in [4.69, 9.17) is 10.5 Å². The molecule has 2 aromatic heterocycles. The van der Waals surface area contributed by atoms with Gasteiger partial charge in [-0.05, 0) is 43.5 Å². The van der Waals surface area contributed by atoms with Gasteiger partial charge in [-0.25, -0.2) is 9.50 Å². The summed E-state index contributed by atoms with van der Waals surface area (Å²) in [6, 6.07) is 10.6. The Balaban J connectivity index is 1.51. The molecule has 0 saturated carbocycles. The van der Waals surface area contributed by atoms with Gasteiger partial charge in [-0.1, -0.05) is 31.2 Å². The number of likely N-dealkylation sites (tertiary alicyclic amines) is 1. The molecule has 1 saturated heterocycles. The zero-order chi connectivity index (χ0) is 18.6. The number of hydrogen-bond acceptors (Lipinski definition) is 5. The van der Waals surface area contributed by atoms with Crippen molar-refractivity contribution in [3.05, 3.63) is 53.3 Å². The molecule has 1 aliphatic rings. The molecule has 0 bridgehead atoms. The number of imidazole rings is 1. The fraction of sp³-hybridized carbons (Fsp3) is 0.429. The topological polar surface area (TPSA) is 68.7 Å². The van der Waals surface area contributed by atoms with Gasteiger partial charge >= 0.3 is 0 Å². The molecule has 142 valence electrons. The van der Waals surface area contributed by atoms with Gasteiger partial charge in [0.15, 0.2) is 5.65 Å². The molecule has 1 aliphatic heterocycles. The lowest BCUT2D eigenvalue weighted by Gasteiger charge is -2.14. The fourth-order valence-corrected chi connectivity index (χ4v) is 3.58. The van der Waals surface area contributed by atoms with Crippen LogP contribution in [0.5, 0.6) is 5.88 Å². The van der Waals surface area contributed by atoms with Crippen LogP contribution in [-0.4, -0.2) is 39.2 Å². The van der Waals surface area contributed by atoms with Crippen LogP contribution in [0.3, 0.4) is 0 Å². The first-order valence-electron chi connectivity index (χ1n) is 9.79. The second kappa shape index (κ2) is 7.96. The monoisotopic (exact) mass is 365 g/mol. The maximum absolute atomic E-state index is 6.13. The first-order chi connectivity index (χ1) is 13.2. The van der Waals surface area contributed by atoms with Crippen molar-refractivity contribution in [2.24, 2.45) is 0 Å². The average Bonchev–Trinajstić information content (AvgIpc) is 3.32. The van der Waals surface area contributed by atoms with E-state index >= 15 is 0 Å². The van der Waals surface area contributed by atoms with Gasteiger partial charge in [0.25, 0.3) is 0 Å².